The number of nitrogens with zero attached hydrogens (tertiary/aromatic N) is 2. The molecule has 1 saturated heterocycles. The Bertz CT molecular complexity index is 308. The normalized spacial score (nSPS) is 21.3. The molecule has 1 rings (SSSR count). The van der Waals surface area contributed by atoms with Gasteiger partial charge >= 0.3 is 6.18 Å². The molecule has 112 valence electrons. The first kappa shape index (κ1) is 16.2. The quantitative estimate of drug-likeness (QED) is 0.838. The van der Waals surface area contributed by atoms with E-state index in [4.69, 9.17) is 5.73 Å². The molecule has 1 unspecified atom stereocenters. The van der Waals surface area contributed by atoms with Gasteiger partial charge in [-0.05, 0) is 13.3 Å². The fourth-order valence-corrected chi connectivity index (χ4v) is 2.13. The lowest BCUT2D eigenvalue weighted by molar-refractivity contribution is -0.154. The van der Waals surface area contributed by atoms with Gasteiger partial charge in [0.05, 0.1) is 12.0 Å². The van der Waals surface area contributed by atoms with Crippen LogP contribution in [0.15, 0.2) is 0 Å². The molecule has 0 saturated carbocycles. The average molecular weight is 281 g/mol. The molecule has 7 heteroatoms. The van der Waals surface area contributed by atoms with Crippen molar-refractivity contribution in [1.82, 2.24) is 9.80 Å². The molecule has 1 aliphatic heterocycles. The van der Waals surface area contributed by atoms with Gasteiger partial charge in [-0.15, -0.1) is 0 Å². The minimum absolute atomic E-state index is 0.0517. The van der Waals surface area contributed by atoms with Gasteiger partial charge in [-0.2, -0.15) is 13.2 Å². The molecule has 1 aliphatic rings. The summed E-state index contributed by atoms with van der Waals surface area (Å²) in [6.07, 6.45) is -3.55. The Morgan fingerprint density at radius 2 is 1.74 bits per heavy atom. The van der Waals surface area contributed by atoms with Crippen LogP contribution >= 0.6 is 0 Å². The second-order valence-electron chi connectivity index (χ2n) is 5.30. The predicted octanol–water partition coefficient (Wildman–Crippen LogP) is 1.07. The largest absolute Gasteiger partial charge is 0.401 e. The molecule has 0 aromatic carbocycles. The standard InChI is InChI=1S/C12H22F3N3O/c1-3-11(2,8-16)10(19)18-6-4-17(5-7-18)9-12(13,14)15/h3-9,16H2,1-2H3. The summed E-state index contributed by atoms with van der Waals surface area (Å²) in [5, 5.41) is 0. The van der Waals surface area contributed by atoms with Crippen molar-refractivity contribution in [1.29, 1.82) is 0 Å². The van der Waals surface area contributed by atoms with E-state index in [1.54, 1.807) is 11.8 Å². The summed E-state index contributed by atoms with van der Waals surface area (Å²) >= 11 is 0. The molecular weight excluding hydrogens is 259 g/mol. The fourth-order valence-electron chi connectivity index (χ4n) is 2.13. The van der Waals surface area contributed by atoms with Gasteiger partial charge in [0.15, 0.2) is 0 Å². The minimum Gasteiger partial charge on any atom is -0.340 e. The first-order chi connectivity index (χ1) is 8.72. The van der Waals surface area contributed by atoms with E-state index < -0.39 is 18.1 Å². The summed E-state index contributed by atoms with van der Waals surface area (Å²) in [6, 6.07) is 0. The lowest BCUT2D eigenvalue weighted by Crippen LogP contribution is -2.55. The maximum atomic E-state index is 12.3. The van der Waals surface area contributed by atoms with Crippen molar-refractivity contribution in [3.8, 4) is 0 Å². The molecule has 0 bridgehead atoms. The predicted molar refractivity (Wildman–Crippen MR) is 66.5 cm³/mol. The third-order valence-corrected chi connectivity index (χ3v) is 3.81. The van der Waals surface area contributed by atoms with Crippen molar-refractivity contribution in [2.24, 2.45) is 11.1 Å². The van der Waals surface area contributed by atoms with Gasteiger partial charge in [0.2, 0.25) is 5.91 Å². The highest BCUT2D eigenvalue weighted by Gasteiger charge is 2.37. The fraction of sp³-hybridized carbons (Fsp3) is 0.917. The summed E-state index contributed by atoms with van der Waals surface area (Å²) in [5.41, 5.74) is 5.02. The van der Waals surface area contributed by atoms with E-state index in [9.17, 15) is 18.0 Å². The van der Waals surface area contributed by atoms with Crippen LogP contribution in [0.1, 0.15) is 20.3 Å². The number of hydrogen-bond donors (Lipinski definition) is 1. The van der Waals surface area contributed by atoms with Crippen molar-refractivity contribution < 1.29 is 18.0 Å². The van der Waals surface area contributed by atoms with Gasteiger partial charge in [0.25, 0.3) is 0 Å². The van der Waals surface area contributed by atoms with Crippen molar-refractivity contribution in [2.45, 2.75) is 26.4 Å². The molecule has 0 aromatic rings. The van der Waals surface area contributed by atoms with Crippen LogP contribution < -0.4 is 5.73 Å². The summed E-state index contributed by atoms with van der Waals surface area (Å²) in [7, 11) is 0. The zero-order chi connectivity index (χ0) is 14.7. The highest BCUT2D eigenvalue weighted by molar-refractivity contribution is 5.82. The van der Waals surface area contributed by atoms with Crippen LogP contribution in [-0.4, -0.2) is 61.2 Å². The number of nitrogens with two attached hydrogens (primary N) is 1. The average Bonchev–Trinajstić information content (AvgIpc) is 2.36. The molecule has 4 nitrogen and oxygen atoms in total. The van der Waals surface area contributed by atoms with Crippen LogP contribution in [0.3, 0.4) is 0 Å². The van der Waals surface area contributed by atoms with E-state index in [-0.39, 0.29) is 25.5 Å². The number of rotatable bonds is 4. The molecule has 0 spiro atoms. The maximum Gasteiger partial charge on any atom is 0.401 e. The summed E-state index contributed by atoms with van der Waals surface area (Å²) in [5.74, 6) is -0.0517. The number of carbonyl (C=O) groups is 1. The number of alkyl halides is 3. The summed E-state index contributed by atoms with van der Waals surface area (Å²) in [6.45, 7) is 4.24. The molecule has 1 amide bonds. The van der Waals surface area contributed by atoms with Crippen molar-refractivity contribution in [3.05, 3.63) is 0 Å². The zero-order valence-electron chi connectivity index (χ0n) is 11.5. The van der Waals surface area contributed by atoms with E-state index in [2.05, 4.69) is 0 Å². The second kappa shape index (κ2) is 6.09. The van der Waals surface area contributed by atoms with Crippen molar-refractivity contribution in [2.75, 3.05) is 39.3 Å². The Morgan fingerprint density at radius 1 is 1.21 bits per heavy atom. The van der Waals surface area contributed by atoms with E-state index in [1.807, 2.05) is 6.92 Å². The molecule has 1 fully saturated rings. The monoisotopic (exact) mass is 281 g/mol. The molecule has 1 heterocycles. The number of amides is 1. The molecule has 0 aliphatic carbocycles. The lowest BCUT2D eigenvalue weighted by atomic mass is 9.86. The minimum atomic E-state index is -4.18. The zero-order valence-corrected chi connectivity index (χ0v) is 11.5. The summed E-state index contributed by atoms with van der Waals surface area (Å²) in [4.78, 5) is 15.2. The van der Waals surface area contributed by atoms with Crippen molar-refractivity contribution in [3.63, 3.8) is 0 Å². The number of piperazine rings is 1. The Hall–Kier alpha value is -0.820. The van der Waals surface area contributed by atoms with E-state index in [0.29, 0.717) is 19.5 Å². The molecule has 19 heavy (non-hydrogen) atoms. The van der Waals surface area contributed by atoms with Gasteiger partial charge in [0.1, 0.15) is 0 Å². The van der Waals surface area contributed by atoms with E-state index in [1.165, 1.54) is 4.90 Å². The third-order valence-electron chi connectivity index (χ3n) is 3.81. The van der Waals surface area contributed by atoms with E-state index in [0.717, 1.165) is 0 Å². The van der Waals surface area contributed by atoms with Gasteiger partial charge in [-0.25, -0.2) is 0 Å². The third kappa shape index (κ3) is 4.35. The number of halogens is 3. The Labute approximate surface area is 111 Å². The molecule has 2 N–H and O–H groups in total. The van der Waals surface area contributed by atoms with Crippen LogP contribution in [0, 0.1) is 5.41 Å². The first-order valence-corrected chi connectivity index (χ1v) is 6.50. The molecular formula is C12H22F3N3O. The SMILES string of the molecule is CCC(C)(CN)C(=O)N1CCN(CC(F)(F)F)CC1. The highest BCUT2D eigenvalue weighted by Crippen LogP contribution is 2.24. The van der Waals surface area contributed by atoms with Crippen LogP contribution in [0.25, 0.3) is 0 Å². The van der Waals surface area contributed by atoms with Crippen LogP contribution in [0.5, 0.6) is 0 Å². The van der Waals surface area contributed by atoms with Crippen molar-refractivity contribution >= 4 is 5.91 Å². The highest BCUT2D eigenvalue weighted by atomic mass is 19.4. The van der Waals surface area contributed by atoms with E-state index >= 15 is 0 Å². The van der Waals surface area contributed by atoms with Gasteiger partial charge in [-0.1, -0.05) is 6.92 Å². The number of hydrogen-bond acceptors (Lipinski definition) is 3. The van der Waals surface area contributed by atoms with Crippen LogP contribution in [-0.2, 0) is 4.79 Å². The lowest BCUT2D eigenvalue weighted by Gasteiger charge is -2.39. The van der Waals surface area contributed by atoms with Gasteiger partial charge in [-0.3, -0.25) is 9.69 Å². The Balaban J connectivity index is 2.52. The Morgan fingerprint density at radius 3 is 2.11 bits per heavy atom. The number of carbonyl (C=O) groups excluding carboxylic acids is 1. The first-order valence-electron chi connectivity index (χ1n) is 6.50. The van der Waals surface area contributed by atoms with Crippen LogP contribution in [0.2, 0.25) is 0 Å². The molecule has 0 aromatic heterocycles. The van der Waals surface area contributed by atoms with Crippen LogP contribution in [0.4, 0.5) is 13.2 Å². The maximum absolute atomic E-state index is 12.3. The van der Waals surface area contributed by atoms with Gasteiger partial charge < -0.3 is 10.6 Å². The molecule has 1 atom stereocenters. The molecule has 0 radical (unpaired) electrons. The van der Waals surface area contributed by atoms with Gasteiger partial charge in [0, 0.05) is 32.7 Å². The summed E-state index contributed by atoms with van der Waals surface area (Å²) < 4.78 is 36.8. The second-order valence-corrected chi connectivity index (χ2v) is 5.30. The smallest absolute Gasteiger partial charge is 0.340 e. The topological polar surface area (TPSA) is 49.6 Å². The Kier molecular flexibility index (Phi) is 5.20.